The third-order valence-electron chi connectivity index (χ3n) is 6.96. The minimum Gasteiger partial charge on any atom is -0.494 e. The topological polar surface area (TPSA) is 106 Å². The number of hydrogen-bond acceptors (Lipinski definition) is 7. The highest BCUT2D eigenvalue weighted by atomic mass is 79.9. The van der Waals surface area contributed by atoms with Crippen molar-refractivity contribution in [1.82, 2.24) is 5.32 Å². The highest BCUT2D eigenvalue weighted by Gasteiger charge is 2.53. The lowest BCUT2D eigenvalue weighted by atomic mass is 9.83. The number of hydrogen-bond donors (Lipinski definition) is 2. The minimum absolute atomic E-state index is 0.0411. The summed E-state index contributed by atoms with van der Waals surface area (Å²) in [6.07, 6.45) is 0.303. The molecule has 3 aromatic rings. The number of halogens is 2. The van der Waals surface area contributed by atoms with E-state index in [0.29, 0.717) is 42.3 Å². The Kier molecular flexibility index (Phi) is 11.5. The average molecular weight is 686 g/mol. The van der Waals surface area contributed by atoms with Crippen LogP contribution in [0.5, 0.6) is 5.75 Å². The van der Waals surface area contributed by atoms with Crippen LogP contribution in [0.15, 0.2) is 82.3 Å². The summed E-state index contributed by atoms with van der Waals surface area (Å²) < 4.78 is 18.5. The quantitative estimate of drug-likeness (QED) is 0.155. The van der Waals surface area contributed by atoms with E-state index in [1.165, 1.54) is 0 Å². The van der Waals surface area contributed by atoms with Crippen LogP contribution in [0.2, 0.25) is 5.02 Å². The minimum atomic E-state index is -1.47. The first-order valence-corrected chi connectivity index (χ1v) is 15.8. The average Bonchev–Trinajstić information content (AvgIpc) is 3.37. The summed E-state index contributed by atoms with van der Waals surface area (Å²) in [7, 11) is 0. The summed E-state index contributed by atoms with van der Waals surface area (Å²) >= 11 is 9.67. The molecule has 44 heavy (non-hydrogen) atoms. The van der Waals surface area contributed by atoms with Gasteiger partial charge in [0.1, 0.15) is 11.4 Å². The van der Waals surface area contributed by atoms with Gasteiger partial charge in [0.25, 0.3) is 5.91 Å². The first kappa shape index (κ1) is 33.5. The van der Waals surface area contributed by atoms with E-state index in [4.69, 9.17) is 35.9 Å². The predicted octanol–water partition coefficient (Wildman–Crippen LogP) is 6.60. The first-order chi connectivity index (χ1) is 21.0. The Bertz CT molecular complexity index is 1460. The van der Waals surface area contributed by atoms with Crippen molar-refractivity contribution in [1.29, 1.82) is 0 Å². The second kappa shape index (κ2) is 15.1. The Morgan fingerprint density at radius 1 is 1.07 bits per heavy atom. The molecule has 1 heterocycles. The van der Waals surface area contributed by atoms with Gasteiger partial charge in [-0.15, -0.1) is 0 Å². The van der Waals surface area contributed by atoms with Crippen molar-refractivity contribution in [3.05, 3.63) is 99.0 Å². The molecule has 1 amide bonds. The molecule has 0 aromatic heterocycles. The Labute approximate surface area is 271 Å². The Balaban J connectivity index is 1.68. The molecule has 8 nitrogen and oxygen atoms in total. The van der Waals surface area contributed by atoms with Crippen LogP contribution in [-0.4, -0.2) is 53.8 Å². The molecule has 0 bridgehead atoms. The van der Waals surface area contributed by atoms with Crippen molar-refractivity contribution in [3.63, 3.8) is 0 Å². The molecule has 0 saturated heterocycles. The number of nitrogens with one attached hydrogen (secondary N) is 1. The van der Waals surface area contributed by atoms with Gasteiger partial charge >= 0.3 is 5.97 Å². The SMILES string of the molecule is CC(C)(C)OC(=O)CC[C@@]1(C(=O)NCCc2ccc(Cl)cc2)N=C(c2ccc(OCCCO)cc2)O[C@@H]1c1ccccc1Br. The molecule has 0 aliphatic carbocycles. The standard InChI is InChI=1S/C34H38BrClN2O6/c1-33(2,3)44-29(40)17-19-34(32(41)37-20-18-23-9-13-25(36)14-10-23)30(27-7-4-5-8-28(27)35)43-31(38-34)24-11-15-26(16-12-24)42-22-6-21-39/h4-5,7-16,30,39H,6,17-22H2,1-3H3,(H,37,41)/t30-,34-/m1/s1. The molecular weight excluding hydrogens is 648 g/mol. The molecule has 0 spiro atoms. The molecule has 4 rings (SSSR count). The monoisotopic (exact) mass is 684 g/mol. The molecule has 234 valence electrons. The van der Waals surface area contributed by atoms with Crippen LogP contribution < -0.4 is 10.1 Å². The third kappa shape index (κ3) is 8.83. The van der Waals surface area contributed by atoms with Gasteiger partial charge in [0, 0.05) is 46.6 Å². The lowest BCUT2D eigenvalue weighted by Gasteiger charge is -2.31. The molecule has 0 radical (unpaired) electrons. The Morgan fingerprint density at radius 2 is 1.77 bits per heavy atom. The number of amides is 1. The zero-order valence-electron chi connectivity index (χ0n) is 25.1. The number of esters is 1. The summed E-state index contributed by atoms with van der Waals surface area (Å²) in [6, 6.07) is 22.2. The van der Waals surface area contributed by atoms with Crippen molar-refractivity contribution < 1.29 is 28.9 Å². The van der Waals surface area contributed by atoms with E-state index in [-0.39, 0.29) is 31.3 Å². The molecule has 0 saturated carbocycles. The van der Waals surface area contributed by atoms with Crippen LogP contribution >= 0.6 is 27.5 Å². The Morgan fingerprint density at radius 3 is 2.43 bits per heavy atom. The van der Waals surface area contributed by atoms with Gasteiger partial charge in [-0.05, 0) is 81.6 Å². The van der Waals surface area contributed by atoms with Crippen molar-refractivity contribution in [2.24, 2.45) is 4.99 Å². The molecule has 0 fully saturated rings. The van der Waals surface area contributed by atoms with Gasteiger partial charge in [0.05, 0.1) is 6.61 Å². The first-order valence-electron chi connectivity index (χ1n) is 14.6. The third-order valence-corrected chi connectivity index (χ3v) is 7.93. The van der Waals surface area contributed by atoms with E-state index in [1.54, 1.807) is 32.9 Å². The number of ether oxygens (including phenoxy) is 3. The van der Waals surface area contributed by atoms with Crippen molar-refractivity contribution in [2.75, 3.05) is 19.8 Å². The van der Waals surface area contributed by atoms with E-state index in [0.717, 1.165) is 15.6 Å². The number of carbonyl (C=O) groups is 2. The van der Waals surface area contributed by atoms with E-state index in [9.17, 15) is 9.59 Å². The summed E-state index contributed by atoms with van der Waals surface area (Å²) in [5.41, 5.74) is 0.269. The number of aliphatic imine (C=N–C) groups is 1. The van der Waals surface area contributed by atoms with Crippen LogP contribution in [0.25, 0.3) is 0 Å². The fraction of sp³-hybridized carbons (Fsp3) is 0.382. The van der Waals surface area contributed by atoms with Crippen LogP contribution in [0.4, 0.5) is 0 Å². The fourth-order valence-corrected chi connectivity index (χ4v) is 5.46. The number of aliphatic hydroxyl groups excluding tert-OH is 1. The lowest BCUT2D eigenvalue weighted by molar-refractivity contribution is -0.155. The van der Waals surface area contributed by atoms with Gasteiger partial charge in [-0.2, -0.15) is 0 Å². The van der Waals surface area contributed by atoms with Crippen molar-refractivity contribution in [3.8, 4) is 5.75 Å². The molecule has 2 atom stereocenters. The van der Waals surface area contributed by atoms with Gasteiger partial charge in [0.15, 0.2) is 11.6 Å². The van der Waals surface area contributed by atoms with Gasteiger partial charge in [-0.25, -0.2) is 4.99 Å². The maximum atomic E-state index is 14.3. The maximum absolute atomic E-state index is 14.3. The molecule has 2 N–H and O–H groups in total. The normalized spacial score (nSPS) is 17.9. The number of aliphatic hydroxyl groups is 1. The van der Waals surface area contributed by atoms with Gasteiger partial charge in [-0.3, -0.25) is 9.59 Å². The van der Waals surface area contributed by atoms with Crippen LogP contribution in [0.3, 0.4) is 0 Å². The smallest absolute Gasteiger partial charge is 0.306 e. The zero-order valence-corrected chi connectivity index (χ0v) is 27.5. The van der Waals surface area contributed by atoms with E-state index in [2.05, 4.69) is 21.2 Å². The lowest BCUT2D eigenvalue weighted by Crippen LogP contribution is -2.49. The summed E-state index contributed by atoms with van der Waals surface area (Å²) in [5, 5.41) is 12.7. The summed E-state index contributed by atoms with van der Waals surface area (Å²) in [4.78, 5) is 32.1. The highest BCUT2D eigenvalue weighted by molar-refractivity contribution is 9.10. The second-order valence-electron chi connectivity index (χ2n) is 11.5. The predicted molar refractivity (Wildman–Crippen MR) is 174 cm³/mol. The summed E-state index contributed by atoms with van der Waals surface area (Å²) in [5.74, 6) is 0.142. The van der Waals surface area contributed by atoms with Gasteiger partial charge < -0.3 is 24.6 Å². The number of benzene rings is 3. The van der Waals surface area contributed by atoms with E-state index >= 15 is 0 Å². The van der Waals surface area contributed by atoms with Crippen LogP contribution in [-0.2, 0) is 25.5 Å². The fourth-order valence-electron chi connectivity index (χ4n) is 4.84. The number of nitrogens with zero attached hydrogens (tertiary/aromatic N) is 1. The van der Waals surface area contributed by atoms with E-state index < -0.39 is 23.2 Å². The zero-order chi connectivity index (χ0) is 31.7. The van der Waals surface area contributed by atoms with Crippen molar-refractivity contribution in [2.45, 2.75) is 63.7 Å². The van der Waals surface area contributed by atoms with E-state index in [1.807, 2.05) is 60.7 Å². The number of carbonyl (C=O) groups excluding carboxylic acids is 2. The summed E-state index contributed by atoms with van der Waals surface area (Å²) in [6.45, 7) is 6.20. The Hall–Kier alpha value is -3.40. The maximum Gasteiger partial charge on any atom is 0.306 e. The largest absolute Gasteiger partial charge is 0.494 e. The van der Waals surface area contributed by atoms with Crippen LogP contribution in [0, 0.1) is 0 Å². The molecule has 1 aliphatic rings. The molecular formula is C34H38BrClN2O6. The number of rotatable bonds is 13. The molecule has 10 heteroatoms. The molecule has 0 unspecified atom stereocenters. The second-order valence-corrected chi connectivity index (χ2v) is 12.8. The molecule has 1 aliphatic heterocycles. The van der Waals surface area contributed by atoms with Gasteiger partial charge in [-0.1, -0.05) is 57.9 Å². The molecule has 3 aromatic carbocycles. The van der Waals surface area contributed by atoms with Crippen molar-refractivity contribution >= 4 is 45.3 Å². The van der Waals surface area contributed by atoms with Gasteiger partial charge in [0.2, 0.25) is 5.90 Å². The van der Waals surface area contributed by atoms with Crippen LogP contribution in [0.1, 0.15) is 62.8 Å². The highest BCUT2D eigenvalue weighted by Crippen LogP contribution is 2.45.